The number of nitrogens with one attached hydrogen (secondary N) is 1. The lowest BCUT2D eigenvalue weighted by Gasteiger charge is -2.25. The molecular formula is C17H22N4O3S3. The van der Waals surface area contributed by atoms with Crippen molar-refractivity contribution in [2.45, 2.75) is 36.2 Å². The summed E-state index contributed by atoms with van der Waals surface area (Å²) in [5.74, 6) is 0.763. The average molecular weight is 427 g/mol. The van der Waals surface area contributed by atoms with Crippen LogP contribution in [0.15, 0.2) is 34.3 Å². The highest BCUT2D eigenvalue weighted by atomic mass is 32.2. The van der Waals surface area contributed by atoms with Gasteiger partial charge in [-0.2, -0.15) is 13.7 Å². The number of anilines is 1. The van der Waals surface area contributed by atoms with E-state index in [1.807, 2.05) is 6.92 Å². The summed E-state index contributed by atoms with van der Waals surface area (Å²) in [5.41, 5.74) is 0.466. The van der Waals surface area contributed by atoms with Gasteiger partial charge in [-0.05, 0) is 42.9 Å². The smallest absolute Gasteiger partial charge is 0.243 e. The second kappa shape index (κ2) is 9.13. The molecule has 1 N–H and O–H groups in total. The van der Waals surface area contributed by atoms with Crippen LogP contribution in [0.3, 0.4) is 0 Å². The minimum absolute atomic E-state index is 0.0870. The molecule has 7 nitrogen and oxygen atoms in total. The summed E-state index contributed by atoms with van der Waals surface area (Å²) in [4.78, 5) is 16.9. The summed E-state index contributed by atoms with van der Waals surface area (Å²) < 4.78 is 31.0. The Morgan fingerprint density at radius 1 is 1.22 bits per heavy atom. The van der Waals surface area contributed by atoms with Crippen LogP contribution in [0.2, 0.25) is 0 Å². The summed E-state index contributed by atoms with van der Waals surface area (Å²) >= 11 is 2.76. The molecule has 0 saturated carbocycles. The largest absolute Gasteiger partial charge is 0.353 e. The molecule has 146 valence electrons. The molecule has 3 rings (SSSR count). The molecule has 0 amide bonds. The fourth-order valence-electron chi connectivity index (χ4n) is 2.79. The predicted molar refractivity (Wildman–Crippen MR) is 108 cm³/mol. The van der Waals surface area contributed by atoms with Crippen LogP contribution in [0.5, 0.6) is 0 Å². The second-order valence-electron chi connectivity index (χ2n) is 6.08. The molecule has 1 aliphatic rings. The summed E-state index contributed by atoms with van der Waals surface area (Å²) in [5, 5.41) is 4.27. The van der Waals surface area contributed by atoms with E-state index in [1.165, 1.54) is 28.0 Å². The highest BCUT2D eigenvalue weighted by Gasteiger charge is 2.25. The number of hydrogen-bond acceptors (Lipinski definition) is 8. The predicted octanol–water partition coefficient (Wildman–Crippen LogP) is 3.12. The van der Waals surface area contributed by atoms with Crippen molar-refractivity contribution in [3.63, 3.8) is 0 Å². The van der Waals surface area contributed by atoms with Gasteiger partial charge in [0, 0.05) is 30.2 Å². The summed E-state index contributed by atoms with van der Waals surface area (Å²) in [7, 11) is -3.48. The SMILES string of the molecule is CCSc1nsc(NCC(=O)c2ccc(S(=O)(=O)N3CCCCC3)cc2)n1. The Kier molecular flexibility index (Phi) is 6.85. The van der Waals surface area contributed by atoms with E-state index in [9.17, 15) is 13.2 Å². The Morgan fingerprint density at radius 2 is 1.93 bits per heavy atom. The Labute approximate surface area is 167 Å². The number of nitrogens with zero attached hydrogens (tertiary/aromatic N) is 3. The van der Waals surface area contributed by atoms with Crippen molar-refractivity contribution in [2.24, 2.45) is 0 Å². The molecule has 1 aliphatic heterocycles. The second-order valence-corrected chi connectivity index (χ2v) is 10.0. The average Bonchev–Trinajstić information content (AvgIpc) is 3.15. The molecule has 1 saturated heterocycles. The molecule has 0 atom stereocenters. The third kappa shape index (κ3) is 5.07. The van der Waals surface area contributed by atoms with Gasteiger partial charge in [-0.1, -0.05) is 25.1 Å². The summed E-state index contributed by atoms with van der Waals surface area (Å²) in [6, 6.07) is 6.16. The van der Waals surface area contributed by atoms with E-state index in [-0.39, 0.29) is 17.2 Å². The van der Waals surface area contributed by atoms with Crippen LogP contribution in [0.1, 0.15) is 36.5 Å². The van der Waals surface area contributed by atoms with Crippen molar-refractivity contribution >= 4 is 44.2 Å². The number of rotatable bonds is 8. The first-order chi connectivity index (χ1) is 13.0. The number of carbonyl (C=O) groups excluding carboxylic acids is 1. The highest BCUT2D eigenvalue weighted by molar-refractivity contribution is 7.99. The van der Waals surface area contributed by atoms with Crippen molar-refractivity contribution in [3.8, 4) is 0 Å². The van der Waals surface area contributed by atoms with E-state index >= 15 is 0 Å². The number of piperidine rings is 1. The maximum Gasteiger partial charge on any atom is 0.243 e. The van der Waals surface area contributed by atoms with Crippen LogP contribution in [0, 0.1) is 0 Å². The Bertz CT molecular complexity index is 875. The summed E-state index contributed by atoms with van der Waals surface area (Å²) in [6.45, 7) is 3.24. The number of sulfonamides is 1. The van der Waals surface area contributed by atoms with E-state index < -0.39 is 10.0 Å². The monoisotopic (exact) mass is 426 g/mol. The molecule has 1 aromatic carbocycles. The maximum atomic E-state index is 12.6. The normalized spacial score (nSPS) is 15.6. The minimum Gasteiger partial charge on any atom is -0.353 e. The topological polar surface area (TPSA) is 92.3 Å². The lowest BCUT2D eigenvalue weighted by molar-refractivity contribution is 0.101. The van der Waals surface area contributed by atoms with Gasteiger partial charge >= 0.3 is 0 Å². The molecule has 10 heteroatoms. The Hall–Kier alpha value is -1.49. The molecule has 1 fully saturated rings. The van der Waals surface area contributed by atoms with E-state index in [2.05, 4.69) is 14.7 Å². The van der Waals surface area contributed by atoms with Crippen LogP contribution in [-0.2, 0) is 10.0 Å². The van der Waals surface area contributed by atoms with Crippen LogP contribution in [-0.4, -0.2) is 53.3 Å². The van der Waals surface area contributed by atoms with Gasteiger partial charge in [0.15, 0.2) is 5.78 Å². The van der Waals surface area contributed by atoms with Gasteiger partial charge in [-0.3, -0.25) is 4.79 Å². The molecule has 0 spiro atoms. The van der Waals surface area contributed by atoms with Crippen molar-refractivity contribution in [1.29, 1.82) is 0 Å². The standard InChI is InChI=1S/C17H22N4O3S3/c1-2-25-17-19-16(26-20-17)18-12-15(22)13-6-8-14(9-7-13)27(23,24)21-10-4-3-5-11-21/h6-9H,2-5,10-12H2,1H3,(H,18,19,20). The van der Waals surface area contributed by atoms with Crippen LogP contribution >= 0.6 is 23.3 Å². The van der Waals surface area contributed by atoms with Gasteiger partial charge in [-0.25, -0.2) is 8.42 Å². The molecule has 0 bridgehead atoms. The molecule has 0 radical (unpaired) electrons. The Morgan fingerprint density at radius 3 is 2.59 bits per heavy atom. The quantitative estimate of drug-likeness (QED) is 0.512. The fourth-order valence-corrected chi connectivity index (χ4v) is 5.58. The first-order valence-electron chi connectivity index (χ1n) is 8.84. The van der Waals surface area contributed by atoms with Crippen LogP contribution < -0.4 is 5.32 Å². The molecular weight excluding hydrogens is 404 g/mol. The van der Waals surface area contributed by atoms with Crippen molar-refractivity contribution in [2.75, 3.05) is 30.7 Å². The number of Topliss-reactive ketones (excluding diaryl/α,β-unsaturated/α-hetero) is 1. The maximum absolute atomic E-state index is 12.6. The number of ketones is 1. The van der Waals surface area contributed by atoms with E-state index in [1.54, 1.807) is 23.9 Å². The number of hydrogen-bond donors (Lipinski definition) is 1. The number of benzene rings is 1. The molecule has 2 aromatic rings. The number of aromatic nitrogens is 2. The minimum atomic E-state index is -3.48. The first kappa shape index (κ1) is 20.2. The zero-order chi connectivity index (χ0) is 19.3. The van der Waals surface area contributed by atoms with Crippen LogP contribution in [0.4, 0.5) is 5.13 Å². The van der Waals surface area contributed by atoms with Gasteiger partial charge in [0.05, 0.1) is 11.4 Å². The van der Waals surface area contributed by atoms with Crippen LogP contribution in [0.25, 0.3) is 0 Å². The zero-order valence-electron chi connectivity index (χ0n) is 15.1. The van der Waals surface area contributed by atoms with Gasteiger partial charge in [0.25, 0.3) is 0 Å². The molecule has 0 aliphatic carbocycles. The Balaban J connectivity index is 1.61. The van der Waals surface area contributed by atoms with Gasteiger partial charge < -0.3 is 5.32 Å². The zero-order valence-corrected chi connectivity index (χ0v) is 17.5. The third-order valence-electron chi connectivity index (χ3n) is 4.21. The van der Waals surface area contributed by atoms with Crippen molar-refractivity contribution in [3.05, 3.63) is 29.8 Å². The van der Waals surface area contributed by atoms with Crippen molar-refractivity contribution < 1.29 is 13.2 Å². The lowest BCUT2D eigenvalue weighted by atomic mass is 10.1. The van der Waals surface area contributed by atoms with E-state index in [0.29, 0.717) is 28.9 Å². The van der Waals surface area contributed by atoms with Gasteiger partial charge in [0.2, 0.25) is 20.3 Å². The first-order valence-corrected chi connectivity index (χ1v) is 12.0. The molecule has 0 unspecified atom stereocenters. The third-order valence-corrected chi connectivity index (χ3v) is 7.64. The van der Waals surface area contributed by atoms with Crippen molar-refractivity contribution in [1.82, 2.24) is 13.7 Å². The highest BCUT2D eigenvalue weighted by Crippen LogP contribution is 2.22. The molecule has 2 heterocycles. The lowest BCUT2D eigenvalue weighted by Crippen LogP contribution is -2.35. The number of thioether (sulfide) groups is 1. The summed E-state index contributed by atoms with van der Waals surface area (Å²) in [6.07, 6.45) is 2.86. The number of carbonyl (C=O) groups is 1. The molecule has 1 aromatic heterocycles. The fraction of sp³-hybridized carbons (Fsp3) is 0.471. The molecule has 27 heavy (non-hydrogen) atoms. The van der Waals surface area contributed by atoms with E-state index in [0.717, 1.165) is 25.0 Å². The van der Waals surface area contributed by atoms with E-state index in [4.69, 9.17) is 0 Å². The van der Waals surface area contributed by atoms with Gasteiger partial charge in [-0.15, -0.1) is 0 Å². The van der Waals surface area contributed by atoms with Gasteiger partial charge in [0.1, 0.15) is 0 Å².